The Bertz CT molecular complexity index is 703. The Hall–Kier alpha value is -2.49. The summed E-state index contributed by atoms with van der Waals surface area (Å²) in [5.74, 6) is 0.875. The van der Waals surface area contributed by atoms with E-state index in [4.69, 9.17) is 4.74 Å². The number of anilines is 1. The maximum atomic E-state index is 5.18. The Kier molecular flexibility index (Phi) is 3.29. The van der Waals surface area contributed by atoms with E-state index in [9.17, 15) is 0 Å². The van der Waals surface area contributed by atoms with E-state index < -0.39 is 0 Å². The van der Waals surface area contributed by atoms with Gasteiger partial charge in [-0.2, -0.15) is 0 Å². The van der Waals surface area contributed by atoms with E-state index in [0.29, 0.717) is 0 Å². The lowest BCUT2D eigenvalue weighted by molar-refractivity contribution is 0.415. The van der Waals surface area contributed by atoms with Crippen molar-refractivity contribution in [3.63, 3.8) is 0 Å². The number of fused-ring (bicyclic) bond motifs is 1. The zero-order chi connectivity index (χ0) is 13.9. The fourth-order valence-electron chi connectivity index (χ4n) is 2.28. The van der Waals surface area contributed by atoms with E-state index in [1.54, 1.807) is 13.4 Å². The normalized spacial score (nSPS) is 10.7. The zero-order valence-corrected chi connectivity index (χ0v) is 11.6. The van der Waals surface area contributed by atoms with Gasteiger partial charge in [0.2, 0.25) is 0 Å². The van der Waals surface area contributed by atoms with Gasteiger partial charge < -0.3 is 14.6 Å². The number of nitrogens with one attached hydrogen (secondary N) is 1. The third-order valence-electron chi connectivity index (χ3n) is 3.42. The molecule has 4 nitrogen and oxygen atoms in total. The molecular formula is C16H17N3O. The molecule has 0 aliphatic carbocycles. The monoisotopic (exact) mass is 267 g/mol. The topological polar surface area (TPSA) is 41.1 Å². The van der Waals surface area contributed by atoms with Gasteiger partial charge in [0.25, 0.3) is 0 Å². The summed E-state index contributed by atoms with van der Waals surface area (Å²) in [6, 6.07) is 14.4. The molecule has 0 aliphatic heterocycles. The fraction of sp³-hybridized carbons (Fsp3) is 0.188. The maximum Gasteiger partial charge on any atom is 0.119 e. The lowest BCUT2D eigenvalue weighted by Gasteiger charge is -2.19. The number of methoxy groups -OCH3 is 1. The third-order valence-corrected chi connectivity index (χ3v) is 3.42. The van der Waals surface area contributed by atoms with Crippen LogP contribution in [0.3, 0.4) is 0 Å². The molecule has 0 unspecified atom stereocenters. The number of imidazole rings is 1. The van der Waals surface area contributed by atoms with Crippen molar-refractivity contribution in [2.24, 2.45) is 0 Å². The Morgan fingerprint density at radius 1 is 1.15 bits per heavy atom. The summed E-state index contributed by atoms with van der Waals surface area (Å²) in [7, 11) is 3.76. The number of aromatic nitrogens is 2. The van der Waals surface area contributed by atoms with Crippen LogP contribution in [0.4, 0.5) is 5.69 Å². The summed E-state index contributed by atoms with van der Waals surface area (Å²) in [5, 5.41) is 0. The third kappa shape index (κ3) is 2.45. The van der Waals surface area contributed by atoms with E-state index in [2.05, 4.69) is 52.2 Å². The van der Waals surface area contributed by atoms with Crippen LogP contribution in [0.2, 0.25) is 0 Å². The molecule has 0 atom stereocenters. The van der Waals surface area contributed by atoms with Crippen LogP contribution in [0.15, 0.2) is 48.8 Å². The second kappa shape index (κ2) is 5.25. The summed E-state index contributed by atoms with van der Waals surface area (Å²) in [6.07, 6.45) is 1.72. The van der Waals surface area contributed by atoms with E-state index in [1.165, 1.54) is 5.56 Å². The molecule has 0 saturated heterocycles. The number of rotatable bonds is 4. The van der Waals surface area contributed by atoms with Crippen molar-refractivity contribution in [1.29, 1.82) is 0 Å². The molecule has 1 aromatic heterocycles. The zero-order valence-electron chi connectivity index (χ0n) is 11.6. The molecule has 0 radical (unpaired) electrons. The molecule has 0 aliphatic rings. The predicted molar refractivity (Wildman–Crippen MR) is 81.2 cm³/mol. The maximum absolute atomic E-state index is 5.18. The first-order valence-electron chi connectivity index (χ1n) is 6.53. The molecule has 1 heterocycles. The summed E-state index contributed by atoms with van der Waals surface area (Å²) < 4.78 is 5.18. The molecule has 4 heteroatoms. The molecule has 0 amide bonds. The summed E-state index contributed by atoms with van der Waals surface area (Å²) in [5.41, 5.74) is 4.47. The van der Waals surface area contributed by atoms with Crippen molar-refractivity contribution in [1.82, 2.24) is 9.97 Å². The molecule has 0 saturated carbocycles. The van der Waals surface area contributed by atoms with Crippen LogP contribution < -0.4 is 9.64 Å². The van der Waals surface area contributed by atoms with Crippen molar-refractivity contribution >= 4 is 16.7 Å². The van der Waals surface area contributed by atoms with Gasteiger partial charge in [-0.15, -0.1) is 0 Å². The highest BCUT2D eigenvalue weighted by Crippen LogP contribution is 2.20. The van der Waals surface area contributed by atoms with Gasteiger partial charge in [-0.1, -0.05) is 6.07 Å². The van der Waals surface area contributed by atoms with E-state index in [1.807, 2.05) is 12.1 Å². The van der Waals surface area contributed by atoms with E-state index in [0.717, 1.165) is 29.0 Å². The molecule has 20 heavy (non-hydrogen) atoms. The summed E-state index contributed by atoms with van der Waals surface area (Å²) in [6.45, 7) is 0.842. The summed E-state index contributed by atoms with van der Waals surface area (Å²) >= 11 is 0. The first-order chi connectivity index (χ1) is 9.76. The van der Waals surface area contributed by atoms with Gasteiger partial charge in [-0.25, -0.2) is 4.98 Å². The van der Waals surface area contributed by atoms with Crippen molar-refractivity contribution in [2.45, 2.75) is 6.54 Å². The van der Waals surface area contributed by atoms with Gasteiger partial charge >= 0.3 is 0 Å². The quantitative estimate of drug-likeness (QED) is 0.789. The SMILES string of the molecule is COc1ccc(N(C)Cc2ccc3[nH]cnc3c2)cc1. The molecule has 2 aromatic carbocycles. The number of nitrogens with zero attached hydrogens (tertiary/aromatic N) is 2. The first kappa shape index (κ1) is 12.5. The number of aromatic amines is 1. The van der Waals surface area contributed by atoms with Gasteiger partial charge in [0.15, 0.2) is 0 Å². The minimum absolute atomic E-state index is 0.842. The average molecular weight is 267 g/mol. The fourth-order valence-corrected chi connectivity index (χ4v) is 2.28. The largest absolute Gasteiger partial charge is 0.497 e. The number of hydrogen-bond acceptors (Lipinski definition) is 3. The number of H-pyrrole nitrogens is 1. The van der Waals surface area contributed by atoms with Gasteiger partial charge in [-0.3, -0.25) is 0 Å². The van der Waals surface area contributed by atoms with Crippen LogP contribution in [0, 0.1) is 0 Å². The van der Waals surface area contributed by atoms with Gasteiger partial charge in [0.1, 0.15) is 5.75 Å². The standard InChI is InChI=1S/C16H17N3O/c1-19(13-4-6-14(20-2)7-5-13)10-12-3-8-15-16(9-12)18-11-17-15/h3-9,11H,10H2,1-2H3,(H,17,18). The van der Waals surface area contributed by atoms with Gasteiger partial charge in [0, 0.05) is 19.3 Å². The van der Waals surface area contributed by atoms with Crippen molar-refractivity contribution in [3.05, 3.63) is 54.4 Å². The molecule has 3 rings (SSSR count). The average Bonchev–Trinajstić information content (AvgIpc) is 2.95. The number of hydrogen-bond donors (Lipinski definition) is 1. The van der Waals surface area contributed by atoms with E-state index >= 15 is 0 Å². The number of benzene rings is 2. The van der Waals surface area contributed by atoms with Gasteiger partial charge in [-0.05, 0) is 42.0 Å². The van der Waals surface area contributed by atoms with Crippen molar-refractivity contribution < 1.29 is 4.74 Å². The second-order valence-corrected chi connectivity index (χ2v) is 4.81. The highest BCUT2D eigenvalue weighted by Gasteiger charge is 2.04. The van der Waals surface area contributed by atoms with Gasteiger partial charge in [0.05, 0.1) is 24.5 Å². The molecule has 3 aromatic rings. The molecule has 102 valence electrons. The lowest BCUT2D eigenvalue weighted by atomic mass is 10.2. The van der Waals surface area contributed by atoms with Crippen molar-refractivity contribution in [2.75, 3.05) is 19.1 Å². The highest BCUT2D eigenvalue weighted by molar-refractivity contribution is 5.75. The second-order valence-electron chi connectivity index (χ2n) is 4.81. The Morgan fingerprint density at radius 2 is 1.95 bits per heavy atom. The Balaban J connectivity index is 1.78. The van der Waals surface area contributed by atoms with Crippen LogP contribution in [0.5, 0.6) is 5.75 Å². The van der Waals surface area contributed by atoms with Crippen LogP contribution >= 0.6 is 0 Å². The highest BCUT2D eigenvalue weighted by atomic mass is 16.5. The van der Waals surface area contributed by atoms with Crippen LogP contribution in [-0.2, 0) is 6.54 Å². The molecule has 0 fully saturated rings. The smallest absolute Gasteiger partial charge is 0.119 e. The van der Waals surface area contributed by atoms with Crippen LogP contribution in [0.1, 0.15) is 5.56 Å². The Morgan fingerprint density at radius 3 is 2.70 bits per heavy atom. The first-order valence-corrected chi connectivity index (χ1v) is 6.53. The van der Waals surface area contributed by atoms with E-state index in [-0.39, 0.29) is 0 Å². The number of ether oxygens (including phenoxy) is 1. The molecule has 0 bridgehead atoms. The lowest BCUT2D eigenvalue weighted by Crippen LogP contribution is -2.16. The van der Waals surface area contributed by atoms with Crippen LogP contribution in [0.25, 0.3) is 11.0 Å². The molecule has 0 spiro atoms. The molecule has 1 N–H and O–H groups in total. The minimum atomic E-state index is 0.842. The predicted octanol–water partition coefficient (Wildman–Crippen LogP) is 3.21. The Labute approximate surface area is 118 Å². The minimum Gasteiger partial charge on any atom is -0.497 e. The molecular weight excluding hydrogens is 250 g/mol. The van der Waals surface area contributed by atoms with Crippen LogP contribution in [-0.4, -0.2) is 24.1 Å². The van der Waals surface area contributed by atoms with Crippen molar-refractivity contribution in [3.8, 4) is 5.75 Å². The summed E-state index contributed by atoms with van der Waals surface area (Å²) in [4.78, 5) is 9.60.